The topological polar surface area (TPSA) is 76.1 Å². The molecule has 1 aromatic carbocycles. The van der Waals surface area contributed by atoms with Crippen molar-refractivity contribution in [3.05, 3.63) is 69.4 Å². The van der Waals surface area contributed by atoms with Crippen molar-refractivity contribution in [2.24, 2.45) is 0 Å². The number of carbonyl (C=O) groups excluding carboxylic acids is 1. The monoisotopic (exact) mass is 435 g/mol. The van der Waals surface area contributed by atoms with Crippen LogP contribution >= 0.6 is 15.9 Å². The van der Waals surface area contributed by atoms with E-state index in [1.807, 2.05) is 12.1 Å². The summed E-state index contributed by atoms with van der Waals surface area (Å²) in [4.78, 5) is 26.4. The number of rotatable bonds is 8. The largest absolute Gasteiger partial charge is 0.479 e. The minimum Gasteiger partial charge on any atom is -0.479 e. The number of carboxylic acids is 1. The van der Waals surface area contributed by atoms with Crippen LogP contribution in [0.2, 0.25) is 0 Å². The van der Waals surface area contributed by atoms with Crippen LogP contribution in [0.25, 0.3) is 0 Å². The van der Waals surface area contributed by atoms with Crippen molar-refractivity contribution in [3.8, 4) is 0 Å². The predicted octanol–water partition coefficient (Wildman–Crippen LogP) is 3.88. The van der Waals surface area contributed by atoms with E-state index in [2.05, 4.69) is 22.5 Å². The maximum absolute atomic E-state index is 12.9. The molecule has 0 saturated carbocycles. The van der Waals surface area contributed by atoms with Gasteiger partial charge in [-0.2, -0.15) is 0 Å². The van der Waals surface area contributed by atoms with Crippen LogP contribution in [0.5, 0.6) is 0 Å². The molecule has 2 rings (SSSR count). The number of ether oxygens (including phenoxy) is 2. The van der Waals surface area contributed by atoms with Crippen LogP contribution < -0.4 is 0 Å². The van der Waals surface area contributed by atoms with Crippen molar-refractivity contribution >= 4 is 27.8 Å². The van der Waals surface area contributed by atoms with Crippen molar-refractivity contribution in [2.75, 3.05) is 13.9 Å². The SMILES string of the molecule is C=C(C)/C=C(\C(=C/C)OCOC)[C@H](C(=O)O)N1Cc2ccc(Br)cc2C1=O. The van der Waals surface area contributed by atoms with Gasteiger partial charge in [-0.1, -0.05) is 40.2 Å². The average molecular weight is 436 g/mol. The molecule has 1 amide bonds. The van der Waals surface area contributed by atoms with E-state index in [0.717, 1.165) is 10.0 Å². The normalized spacial score (nSPS) is 15.6. The summed E-state index contributed by atoms with van der Waals surface area (Å²) < 4.78 is 11.2. The highest BCUT2D eigenvalue weighted by Gasteiger charge is 2.40. The quantitative estimate of drug-likeness (QED) is 0.380. The van der Waals surface area contributed by atoms with E-state index in [9.17, 15) is 14.7 Å². The molecule has 7 heteroatoms. The van der Waals surface area contributed by atoms with Gasteiger partial charge in [0, 0.05) is 29.3 Å². The first-order valence-corrected chi connectivity index (χ1v) is 9.07. The van der Waals surface area contributed by atoms with Gasteiger partial charge < -0.3 is 19.5 Å². The van der Waals surface area contributed by atoms with E-state index in [1.165, 1.54) is 12.0 Å². The molecule has 1 atom stereocenters. The van der Waals surface area contributed by atoms with Gasteiger partial charge in [0.25, 0.3) is 5.91 Å². The summed E-state index contributed by atoms with van der Waals surface area (Å²) in [5.41, 5.74) is 2.26. The number of allylic oxidation sites excluding steroid dienone is 3. The van der Waals surface area contributed by atoms with Gasteiger partial charge in [-0.25, -0.2) is 4.79 Å². The number of hydrogen-bond acceptors (Lipinski definition) is 4. The Balaban J connectivity index is 2.49. The number of carbonyl (C=O) groups is 2. The molecular weight excluding hydrogens is 414 g/mol. The lowest BCUT2D eigenvalue weighted by molar-refractivity contribution is -0.141. The first-order valence-electron chi connectivity index (χ1n) is 8.27. The number of carboxylic acid groups (broad SMARTS) is 1. The summed E-state index contributed by atoms with van der Waals surface area (Å²) in [6.07, 6.45) is 3.27. The molecule has 144 valence electrons. The number of amides is 1. The minimum absolute atomic E-state index is 0.0410. The second kappa shape index (κ2) is 9.01. The third-order valence-electron chi connectivity index (χ3n) is 4.02. The molecule has 1 aliphatic rings. The average Bonchev–Trinajstić information content (AvgIpc) is 2.91. The molecule has 1 aromatic rings. The van der Waals surface area contributed by atoms with Crippen molar-refractivity contribution in [1.29, 1.82) is 0 Å². The van der Waals surface area contributed by atoms with Crippen molar-refractivity contribution in [3.63, 3.8) is 0 Å². The Morgan fingerprint density at radius 1 is 1.48 bits per heavy atom. The van der Waals surface area contributed by atoms with Crippen LogP contribution in [-0.4, -0.2) is 41.8 Å². The lowest BCUT2D eigenvalue weighted by Gasteiger charge is -2.28. The molecule has 0 fully saturated rings. The molecule has 6 nitrogen and oxygen atoms in total. The van der Waals surface area contributed by atoms with Crippen LogP contribution in [0.15, 0.2) is 58.3 Å². The Hall–Kier alpha value is -2.38. The van der Waals surface area contributed by atoms with Gasteiger partial charge in [-0.15, -0.1) is 0 Å². The van der Waals surface area contributed by atoms with E-state index < -0.39 is 12.0 Å². The Kier molecular flexibility index (Phi) is 6.98. The lowest BCUT2D eigenvalue weighted by Crippen LogP contribution is -2.43. The van der Waals surface area contributed by atoms with E-state index >= 15 is 0 Å². The predicted molar refractivity (Wildman–Crippen MR) is 105 cm³/mol. The Labute approximate surface area is 166 Å². The number of fused-ring (bicyclic) bond motifs is 1. The van der Waals surface area contributed by atoms with Crippen LogP contribution in [-0.2, 0) is 20.8 Å². The number of benzene rings is 1. The summed E-state index contributed by atoms with van der Waals surface area (Å²) in [7, 11) is 1.47. The molecule has 1 heterocycles. The second-order valence-electron chi connectivity index (χ2n) is 6.13. The van der Waals surface area contributed by atoms with Gasteiger partial charge in [-0.05, 0) is 37.6 Å². The standard InChI is InChI=1S/C20H22BrNO5/c1-5-17(27-11-26-4)16(8-12(2)3)18(20(24)25)22-10-13-6-7-14(21)9-15(13)19(22)23/h5-9,18H,2,10-11H2,1,3-4H3,(H,24,25)/b16-8+,17-5+/t18-/m1/s1. The summed E-state index contributed by atoms with van der Waals surface area (Å²) in [5.74, 6) is -1.16. The number of aliphatic carboxylic acids is 1. The van der Waals surface area contributed by atoms with E-state index in [0.29, 0.717) is 22.5 Å². The van der Waals surface area contributed by atoms with Crippen molar-refractivity contribution in [2.45, 2.75) is 26.4 Å². The van der Waals surface area contributed by atoms with Gasteiger partial charge in [0.05, 0.1) is 0 Å². The molecule has 0 aromatic heterocycles. The fourth-order valence-electron chi connectivity index (χ4n) is 2.94. The number of methoxy groups -OCH3 is 1. The first-order chi connectivity index (χ1) is 12.8. The van der Waals surface area contributed by atoms with Gasteiger partial charge >= 0.3 is 5.97 Å². The summed E-state index contributed by atoms with van der Waals surface area (Å²) >= 11 is 3.35. The summed E-state index contributed by atoms with van der Waals surface area (Å²) in [6, 6.07) is 4.13. The Bertz CT molecular complexity index is 828. The molecule has 1 N–H and O–H groups in total. The zero-order valence-corrected chi connectivity index (χ0v) is 17.1. The highest BCUT2D eigenvalue weighted by Crippen LogP contribution is 2.32. The summed E-state index contributed by atoms with van der Waals surface area (Å²) in [5, 5.41) is 9.95. The fourth-order valence-corrected chi connectivity index (χ4v) is 3.31. The van der Waals surface area contributed by atoms with Crippen LogP contribution in [0, 0.1) is 0 Å². The Morgan fingerprint density at radius 2 is 2.19 bits per heavy atom. The highest BCUT2D eigenvalue weighted by atomic mass is 79.9. The number of hydrogen-bond donors (Lipinski definition) is 1. The van der Waals surface area contributed by atoms with Crippen molar-refractivity contribution < 1.29 is 24.2 Å². The van der Waals surface area contributed by atoms with Gasteiger partial charge in [0.15, 0.2) is 12.8 Å². The molecule has 0 saturated heterocycles. The first kappa shape index (κ1) is 20.9. The van der Waals surface area contributed by atoms with Crippen molar-refractivity contribution in [1.82, 2.24) is 4.90 Å². The van der Waals surface area contributed by atoms with E-state index in [-0.39, 0.29) is 19.2 Å². The molecule has 0 radical (unpaired) electrons. The minimum atomic E-state index is -1.22. The smallest absolute Gasteiger partial charge is 0.331 e. The zero-order chi connectivity index (χ0) is 20.1. The van der Waals surface area contributed by atoms with Gasteiger partial charge in [0.2, 0.25) is 0 Å². The van der Waals surface area contributed by atoms with E-state index in [4.69, 9.17) is 9.47 Å². The lowest BCUT2D eigenvalue weighted by atomic mass is 10.0. The number of halogens is 1. The van der Waals surface area contributed by atoms with Crippen LogP contribution in [0.1, 0.15) is 29.8 Å². The molecule has 0 spiro atoms. The Morgan fingerprint density at radius 3 is 2.74 bits per heavy atom. The zero-order valence-electron chi connectivity index (χ0n) is 15.5. The third kappa shape index (κ3) is 4.67. The van der Waals surface area contributed by atoms with Gasteiger partial charge in [-0.3, -0.25) is 4.79 Å². The molecule has 27 heavy (non-hydrogen) atoms. The fraction of sp³-hybridized carbons (Fsp3) is 0.300. The molecule has 0 bridgehead atoms. The molecular formula is C20H22BrNO5. The second-order valence-corrected chi connectivity index (χ2v) is 7.04. The maximum Gasteiger partial charge on any atom is 0.331 e. The van der Waals surface area contributed by atoms with Crippen LogP contribution in [0.3, 0.4) is 0 Å². The number of nitrogens with zero attached hydrogens (tertiary/aromatic N) is 1. The highest BCUT2D eigenvalue weighted by molar-refractivity contribution is 9.10. The van der Waals surface area contributed by atoms with Gasteiger partial charge in [0.1, 0.15) is 5.76 Å². The molecule has 1 aliphatic heterocycles. The molecule has 0 unspecified atom stereocenters. The third-order valence-corrected chi connectivity index (χ3v) is 4.52. The molecule has 0 aliphatic carbocycles. The maximum atomic E-state index is 12.9. The van der Waals surface area contributed by atoms with E-state index in [1.54, 1.807) is 32.1 Å². The van der Waals surface area contributed by atoms with Crippen LogP contribution in [0.4, 0.5) is 0 Å². The summed E-state index contributed by atoms with van der Waals surface area (Å²) in [6.45, 7) is 7.48.